The van der Waals surface area contributed by atoms with Crippen molar-refractivity contribution in [1.82, 2.24) is 9.97 Å². The van der Waals surface area contributed by atoms with E-state index in [4.69, 9.17) is 10.7 Å². The summed E-state index contributed by atoms with van der Waals surface area (Å²) in [6.07, 6.45) is 1.50. The molecule has 17 heavy (non-hydrogen) atoms. The minimum absolute atomic E-state index is 0.0617. The van der Waals surface area contributed by atoms with E-state index in [-0.39, 0.29) is 5.75 Å². The molecule has 8 heteroatoms. The van der Waals surface area contributed by atoms with Gasteiger partial charge in [0.05, 0.1) is 5.75 Å². The van der Waals surface area contributed by atoms with Gasteiger partial charge in [0.25, 0.3) is 0 Å². The number of thiophene rings is 1. The maximum Gasteiger partial charge on any atom is 0.233 e. The second-order valence-corrected chi connectivity index (χ2v) is 8.56. The highest BCUT2D eigenvalue weighted by molar-refractivity contribution is 8.14. The van der Waals surface area contributed by atoms with E-state index in [2.05, 4.69) is 9.97 Å². The molecule has 0 spiro atoms. The third-order valence-electron chi connectivity index (χ3n) is 1.98. The first-order chi connectivity index (χ1) is 7.96. The molecule has 0 aliphatic heterocycles. The predicted molar refractivity (Wildman–Crippen MR) is 72.5 cm³/mol. The molecule has 0 saturated heterocycles. The van der Waals surface area contributed by atoms with Gasteiger partial charge in [-0.15, -0.1) is 23.1 Å². The van der Waals surface area contributed by atoms with Gasteiger partial charge in [-0.1, -0.05) is 0 Å². The smallest absolute Gasteiger partial charge is 0.229 e. The Hall–Kier alpha value is -0.370. The number of rotatable bonds is 4. The molecule has 0 aliphatic rings. The van der Waals surface area contributed by atoms with E-state index in [1.54, 1.807) is 11.3 Å². The normalized spacial score (nSPS) is 12.1. The Balaban J connectivity index is 2.18. The molecule has 0 aliphatic carbocycles. The van der Waals surface area contributed by atoms with Crippen molar-refractivity contribution in [2.24, 2.45) is 0 Å². The summed E-state index contributed by atoms with van der Waals surface area (Å²) < 4.78 is 21.6. The van der Waals surface area contributed by atoms with Crippen LogP contribution in [-0.2, 0) is 9.05 Å². The summed E-state index contributed by atoms with van der Waals surface area (Å²) in [6.45, 7) is 2.00. The summed E-state index contributed by atoms with van der Waals surface area (Å²) in [5.41, 5.74) is 0. The van der Waals surface area contributed by atoms with Gasteiger partial charge in [-0.05, 0) is 13.0 Å². The van der Waals surface area contributed by atoms with E-state index in [9.17, 15) is 8.42 Å². The minimum Gasteiger partial charge on any atom is -0.229 e. The van der Waals surface area contributed by atoms with Crippen LogP contribution in [0.15, 0.2) is 17.4 Å². The summed E-state index contributed by atoms with van der Waals surface area (Å²) in [4.78, 5) is 10.4. The first-order valence-corrected chi connectivity index (χ1v) is 9.00. The number of nitrogens with zero attached hydrogens (tertiary/aromatic N) is 2. The zero-order chi connectivity index (χ0) is 12.5. The lowest BCUT2D eigenvalue weighted by atomic mass is 10.4. The number of hydrogen-bond donors (Lipinski definition) is 0. The average molecular weight is 309 g/mol. The molecule has 0 saturated carbocycles. The third-order valence-corrected chi connectivity index (χ3v) is 5.36. The van der Waals surface area contributed by atoms with Gasteiger partial charge in [0, 0.05) is 26.7 Å². The van der Waals surface area contributed by atoms with Gasteiger partial charge >= 0.3 is 0 Å². The molecular weight excluding hydrogens is 300 g/mol. The van der Waals surface area contributed by atoms with Crippen LogP contribution < -0.4 is 0 Å². The van der Waals surface area contributed by atoms with E-state index in [1.807, 2.05) is 13.0 Å². The van der Waals surface area contributed by atoms with Gasteiger partial charge in [-0.3, -0.25) is 0 Å². The Morgan fingerprint density at radius 1 is 1.47 bits per heavy atom. The molecule has 2 aromatic rings. The van der Waals surface area contributed by atoms with Crippen LogP contribution in [0.5, 0.6) is 0 Å². The number of thioether (sulfide) groups is 1. The van der Waals surface area contributed by atoms with Gasteiger partial charge in [0.2, 0.25) is 9.05 Å². The van der Waals surface area contributed by atoms with E-state index in [1.165, 1.54) is 18.1 Å². The molecule has 2 aromatic heterocycles. The van der Waals surface area contributed by atoms with Crippen molar-refractivity contribution < 1.29 is 8.42 Å². The van der Waals surface area contributed by atoms with E-state index in [0.29, 0.717) is 5.75 Å². The van der Waals surface area contributed by atoms with Crippen molar-refractivity contribution in [2.75, 3.05) is 11.5 Å². The highest BCUT2D eigenvalue weighted by Gasteiger charge is 2.10. The van der Waals surface area contributed by atoms with Crippen molar-refractivity contribution >= 4 is 53.0 Å². The lowest BCUT2D eigenvalue weighted by molar-refractivity contribution is 0.611. The van der Waals surface area contributed by atoms with Gasteiger partial charge in [0.1, 0.15) is 16.2 Å². The number of fused-ring (bicyclic) bond motifs is 1. The van der Waals surface area contributed by atoms with Crippen molar-refractivity contribution in [3.63, 3.8) is 0 Å². The van der Waals surface area contributed by atoms with E-state index in [0.717, 1.165) is 20.1 Å². The van der Waals surface area contributed by atoms with Crippen LogP contribution in [-0.4, -0.2) is 29.9 Å². The molecule has 0 fully saturated rings. The third kappa shape index (κ3) is 3.54. The molecule has 0 N–H and O–H groups in total. The Kier molecular flexibility index (Phi) is 3.92. The summed E-state index contributed by atoms with van der Waals surface area (Å²) in [5.74, 6) is 0.334. The van der Waals surface area contributed by atoms with Crippen molar-refractivity contribution in [3.8, 4) is 0 Å². The molecule has 0 radical (unpaired) electrons. The summed E-state index contributed by atoms with van der Waals surface area (Å²) in [6, 6.07) is 2.01. The van der Waals surface area contributed by atoms with Crippen LogP contribution in [0.4, 0.5) is 0 Å². The fourth-order valence-corrected chi connectivity index (χ4v) is 4.54. The molecule has 0 atom stereocenters. The molecule has 0 amide bonds. The quantitative estimate of drug-likeness (QED) is 0.494. The highest BCUT2D eigenvalue weighted by atomic mass is 35.7. The fraction of sp³-hybridized carbons (Fsp3) is 0.333. The zero-order valence-electron chi connectivity index (χ0n) is 8.88. The van der Waals surface area contributed by atoms with Crippen LogP contribution >= 0.6 is 33.8 Å². The number of halogens is 1. The Bertz CT molecular complexity index is 639. The van der Waals surface area contributed by atoms with E-state index < -0.39 is 9.05 Å². The molecule has 0 bridgehead atoms. The number of aryl methyl sites for hydroxylation is 1. The van der Waals surface area contributed by atoms with Gasteiger partial charge in [-0.25, -0.2) is 18.4 Å². The average Bonchev–Trinajstić information content (AvgIpc) is 2.57. The molecular formula is C9H9ClN2O2S3. The monoisotopic (exact) mass is 308 g/mol. The lowest BCUT2D eigenvalue weighted by Gasteiger charge is -2.00. The first-order valence-electron chi connectivity index (χ1n) is 4.72. The van der Waals surface area contributed by atoms with Crippen molar-refractivity contribution in [3.05, 3.63) is 17.3 Å². The molecule has 92 valence electrons. The minimum atomic E-state index is -3.43. The van der Waals surface area contributed by atoms with Crippen LogP contribution in [0.2, 0.25) is 0 Å². The van der Waals surface area contributed by atoms with Gasteiger partial charge in [-0.2, -0.15) is 0 Å². The first kappa shape index (κ1) is 13.1. The maximum atomic E-state index is 10.8. The molecule has 0 unspecified atom stereocenters. The fourth-order valence-electron chi connectivity index (χ4n) is 1.31. The SMILES string of the molecule is Cc1cc2c(SCCS(=O)(=O)Cl)ncnc2s1. The maximum absolute atomic E-state index is 10.8. The van der Waals surface area contributed by atoms with Gasteiger partial charge in [0.15, 0.2) is 0 Å². The van der Waals surface area contributed by atoms with Crippen molar-refractivity contribution in [1.29, 1.82) is 0 Å². The Morgan fingerprint density at radius 2 is 2.24 bits per heavy atom. The molecule has 4 nitrogen and oxygen atoms in total. The van der Waals surface area contributed by atoms with Crippen LogP contribution in [0.25, 0.3) is 10.2 Å². The van der Waals surface area contributed by atoms with Crippen LogP contribution in [0.1, 0.15) is 4.88 Å². The Morgan fingerprint density at radius 3 is 2.94 bits per heavy atom. The molecule has 2 heterocycles. The Labute approximate surface area is 112 Å². The van der Waals surface area contributed by atoms with E-state index >= 15 is 0 Å². The second-order valence-electron chi connectivity index (χ2n) is 3.35. The summed E-state index contributed by atoms with van der Waals surface area (Å²) >= 11 is 2.98. The second kappa shape index (κ2) is 5.09. The summed E-state index contributed by atoms with van der Waals surface area (Å²) in [5, 5.41) is 1.78. The largest absolute Gasteiger partial charge is 0.233 e. The lowest BCUT2D eigenvalue weighted by Crippen LogP contribution is -2.00. The van der Waals surface area contributed by atoms with Crippen LogP contribution in [0.3, 0.4) is 0 Å². The number of aromatic nitrogens is 2. The topological polar surface area (TPSA) is 59.9 Å². The molecule has 0 aromatic carbocycles. The summed E-state index contributed by atoms with van der Waals surface area (Å²) in [7, 11) is 1.72. The predicted octanol–water partition coefficient (Wildman–Crippen LogP) is 2.66. The van der Waals surface area contributed by atoms with Crippen molar-refractivity contribution in [2.45, 2.75) is 11.9 Å². The standard InChI is InChI=1S/C9H9ClN2O2S3/c1-6-4-7-8(11-5-12-9(7)16-6)15-2-3-17(10,13)14/h4-5H,2-3H2,1H3. The highest BCUT2D eigenvalue weighted by Crippen LogP contribution is 2.30. The van der Waals surface area contributed by atoms with Gasteiger partial charge < -0.3 is 0 Å². The molecule has 2 rings (SSSR count). The number of hydrogen-bond acceptors (Lipinski definition) is 6. The zero-order valence-corrected chi connectivity index (χ0v) is 12.1. The van der Waals surface area contributed by atoms with Crippen LogP contribution in [0, 0.1) is 6.92 Å².